The molecular weight excluding hydrogens is 442 g/mol. The molecule has 1 aliphatic heterocycles. The molecule has 1 aliphatic rings. The number of rotatable bonds is 6. The molecular formula is C23H23N5O4S. The monoisotopic (exact) mass is 465 g/mol. The third-order valence-corrected chi connectivity index (χ3v) is 7.51. The van der Waals surface area contributed by atoms with Gasteiger partial charge in [-0.05, 0) is 30.3 Å². The van der Waals surface area contributed by atoms with Crippen LogP contribution >= 0.6 is 0 Å². The number of aromatic amines is 1. The highest BCUT2D eigenvalue weighted by Gasteiger charge is 2.30. The molecule has 2 aromatic heterocycles. The molecule has 3 heterocycles. The SMILES string of the molecule is COc1ccccc1N1CCN(S(=O)(=O)c2c[nH]c(-c3nnc(-c4ccccc4)o3)c2)CC1. The highest BCUT2D eigenvalue weighted by Crippen LogP contribution is 2.30. The van der Waals surface area contributed by atoms with Crippen molar-refractivity contribution in [1.82, 2.24) is 19.5 Å². The third-order valence-electron chi connectivity index (χ3n) is 5.63. The van der Waals surface area contributed by atoms with Crippen LogP contribution in [0.5, 0.6) is 5.75 Å². The first-order chi connectivity index (χ1) is 16.1. The number of hydrogen-bond donors (Lipinski definition) is 1. The fourth-order valence-electron chi connectivity index (χ4n) is 3.89. The van der Waals surface area contributed by atoms with Crippen molar-refractivity contribution in [3.63, 3.8) is 0 Å². The lowest BCUT2D eigenvalue weighted by atomic mass is 10.2. The number of sulfonamides is 1. The van der Waals surface area contributed by atoms with E-state index in [1.807, 2.05) is 54.6 Å². The highest BCUT2D eigenvalue weighted by molar-refractivity contribution is 7.89. The van der Waals surface area contributed by atoms with Crippen molar-refractivity contribution in [2.75, 3.05) is 38.2 Å². The summed E-state index contributed by atoms with van der Waals surface area (Å²) in [5, 5.41) is 8.12. The van der Waals surface area contributed by atoms with E-state index in [9.17, 15) is 8.42 Å². The number of ether oxygens (including phenoxy) is 1. The Labute approximate surface area is 191 Å². The summed E-state index contributed by atoms with van der Waals surface area (Å²) in [5.74, 6) is 1.38. The summed E-state index contributed by atoms with van der Waals surface area (Å²) in [7, 11) is -2.03. The Kier molecular flexibility index (Phi) is 5.61. The van der Waals surface area contributed by atoms with E-state index < -0.39 is 10.0 Å². The second-order valence-electron chi connectivity index (χ2n) is 7.59. The van der Waals surface area contributed by atoms with Crippen LogP contribution in [0.3, 0.4) is 0 Å². The molecule has 0 amide bonds. The summed E-state index contributed by atoms with van der Waals surface area (Å²) in [6.45, 7) is 1.89. The van der Waals surface area contributed by atoms with Crippen LogP contribution in [0.25, 0.3) is 23.0 Å². The molecule has 0 saturated carbocycles. The number of nitrogens with zero attached hydrogens (tertiary/aromatic N) is 4. The number of methoxy groups -OCH3 is 1. The van der Waals surface area contributed by atoms with Crippen molar-refractivity contribution in [3.8, 4) is 28.8 Å². The number of aromatic nitrogens is 3. The number of H-pyrrole nitrogens is 1. The van der Waals surface area contributed by atoms with Crippen LogP contribution in [0, 0.1) is 0 Å². The third kappa shape index (κ3) is 4.10. The van der Waals surface area contributed by atoms with Gasteiger partial charge in [0.15, 0.2) is 0 Å². The molecule has 5 rings (SSSR count). The molecule has 0 bridgehead atoms. The summed E-state index contributed by atoms with van der Waals surface area (Å²) < 4.78 is 39.1. The highest BCUT2D eigenvalue weighted by atomic mass is 32.2. The van der Waals surface area contributed by atoms with Crippen molar-refractivity contribution in [1.29, 1.82) is 0 Å². The van der Waals surface area contributed by atoms with Gasteiger partial charge in [-0.1, -0.05) is 30.3 Å². The van der Waals surface area contributed by atoms with E-state index in [-0.39, 0.29) is 10.8 Å². The van der Waals surface area contributed by atoms with Crippen LogP contribution < -0.4 is 9.64 Å². The lowest BCUT2D eigenvalue weighted by molar-refractivity contribution is 0.378. The Hall–Kier alpha value is -3.63. The maximum Gasteiger partial charge on any atom is 0.264 e. The molecule has 2 aromatic carbocycles. The minimum Gasteiger partial charge on any atom is -0.495 e. The van der Waals surface area contributed by atoms with Gasteiger partial charge in [0.1, 0.15) is 16.3 Å². The van der Waals surface area contributed by atoms with Gasteiger partial charge in [-0.3, -0.25) is 0 Å². The topological polar surface area (TPSA) is 105 Å². The van der Waals surface area contributed by atoms with Gasteiger partial charge in [0.2, 0.25) is 15.9 Å². The van der Waals surface area contributed by atoms with Crippen LogP contribution in [0.1, 0.15) is 0 Å². The molecule has 0 spiro atoms. The van der Waals surface area contributed by atoms with Gasteiger partial charge in [-0.25, -0.2) is 8.42 Å². The molecule has 10 heteroatoms. The Morgan fingerprint density at radius 3 is 2.39 bits per heavy atom. The van der Waals surface area contributed by atoms with E-state index in [1.54, 1.807) is 7.11 Å². The van der Waals surface area contributed by atoms with Gasteiger partial charge in [-0.2, -0.15) is 4.31 Å². The maximum absolute atomic E-state index is 13.2. The smallest absolute Gasteiger partial charge is 0.264 e. The molecule has 0 radical (unpaired) electrons. The number of benzene rings is 2. The average Bonchev–Trinajstić information content (AvgIpc) is 3.55. The molecule has 33 heavy (non-hydrogen) atoms. The molecule has 0 atom stereocenters. The molecule has 9 nitrogen and oxygen atoms in total. The minimum atomic E-state index is -3.66. The van der Waals surface area contributed by atoms with E-state index in [1.165, 1.54) is 16.6 Å². The van der Waals surface area contributed by atoms with Crippen molar-refractivity contribution >= 4 is 15.7 Å². The second kappa shape index (κ2) is 8.72. The van der Waals surface area contributed by atoms with Crippen LogP contribution in [0.15, 0.2) is 76.2 Å². The number of hydrogen-bond acceptors (Lipinski definition) is 7. The predicted octanol–water partition coefficient (Wildman–Crippen LogP) is 3.25. The average molecular weight is 466 g/mol. The quantitative estimate of drug-likeness (QED) is 0.466. The largest absolute Gasteiger partial charge is 0.495 e. The zero-order chi connectivity index (χ0) is 22.8. The fourth-order valence-corrected chi connectivity index (χ4v) is 5.30. The minimum absolute atomic E-state index is 0.169. The molecule has 1 saturated heterocycles. The Morgan fingerprint density at radius 2 is 1.64 bits per heavy atom. The van der Waals surface area contributed by atoms with Crippen LogP contribution in [0.4, 0.5) is 5.69 Å². The summed E-state index contributed by atoms with van der Waals surface area (Å²) in [6.07, 6.45) is 1.46. The van der Waals surface area contributed by atoms with Crippen molar-refractivity contribution in [3.05, 3.63) is 66.9 Å². The summed E-state index contributed by atoms with van der Waals surface area (Å²) >= 11 is 0. The Balaban J connectivity index is 1.30. The van der Waals surface area contributed by atoms with E-state index in [0.717, 1.165) is 17.0 Å². The first kappa shape index (κ1) is 21.2. The first-order valence-corrected chi connectivity index (χ1v) is 12.0. The zero-order valence-electron chi connectivity index (χ0n) is 18.0. The van der Waals surface area contributed by atoms with E-state index >= 15 is 0 Å². The van der Waals surface area contributed by atoms with Gasteiger partial charge in [0.05, 0.1) is 12.8 Å². The lowest BCUT2D eigenvalue weighted by Gasteiger charge is -2.35. The van der Waals surface area contributed by atoms with Crippen molar-refractivity contribution in [2.24, 2.45) is 0 Å². The maximum atomic E-state index is 13.2. The number of para-hydroxylation sites is 2. The molecule has 1 N–H and O–H groups in total. The molecule has 4 aromatic rings. The lowest BCUT2D eigenvalue weighted by Crippen LogP contribution is -2.48. The van der Waals surface area contributed by atoms with Crippen molar-refractivity contribution < 1.29 is 17.6 Å². The summed E-state index contributed by atoms with van der Waals surface area (Å²) in [4.78, 5) is 5.26. The molecule has 170 valence electrons. The predicted molar refractivity (Wildman–Crippen MR) is 123 cm³/mol. The number of nitrogens with one attached hydrogen (secondary N) is 1. The summed E-state index contributed by atoms with van der Waals surface area (Å²) in [5.41, 5.74) is 2.21. The Bertz CT molecular complexity index is 1340. The summed E-state index contributed by atoms with van der Waals surface area (Å²) in [6, 6.07) is 18.7. The number of anilines is 1. The van der Waals surface area contributed by atoms with E-state index in [4.69, 9.17) is 9.15 Å². The normalized spacial score (nSPS) is 15.0. The number of piperazine rings is 1. The van der Waals surface area contributed by atoms with Gasteiger partial charge < -0.3 is 19.0 Å². The zero-order valence-corrected chi connectivity index (χ0v) is 18.8. The first-order valence-electron chi connectivity index (χ1n) is 10.5. The van der Waals surface area contributed by atoms with Gasteiger partial charge >= 0.3 is 0 Å². The van der Waals surface area contributed by atoms with Crippen LogP contribution in [0.2, 0.25) is 0 Å². The van der Waals surface area contributed by atoms with Crippen LogP contribution in [-0.2, 0) is 10.0 Å². The van der Waals surface area contributed by atoms with Crippen molar-refractivity contribution in [2.45, 2.75) is 4.90 Å². The standard InChI is InChI=1S/C23H23N5O4S/c1-31-21-10-6-5-9-20(21)27-11-13-28(14-12-27)33(29,30)18-15-19(24-16-18)23-26-25-22(32-23)17-7-3-2-4-8-17/h2-10,15-16,24H,11-14H2,1H3. The van der Waals surface area contributed by atoms with E-state index in [0.29, 0.717) is 37.8 Å². The van der Waals surface area contributed by atoms with Gasteiger partial charge in [0.25, 0.3) is 5.89 Å². The fraction of sp³-hybridized carbons (Fsp3) is 0.217. The Morgan fingerprint density at radius 1 is 0.939 bits per heavy atom. The molecule has 1 fully saturated rings. The van der Waals surface area contributed by atoms with Crippen LogP contribution in [-0.4, -0.2) is 61.2 Å². The van der Waals surface area contributed by atoms with Gasteiger partial charge in [0, 0.05) is 37.9 Å². The van der Waals surface area contributed by atoms with E-state index in [2.05, 4.69) is 20.1 Å². The second-order valence-corrected chi connectivity index (χ2v) is 9.53. The van der Waals surface area contributed by atoms with Gasteiger partial charge in [-0.15, -0.1) is 10.2 Å². The molecule has 0 unspecified atom stereocenters. The molecule has 0 aliphatic carbocycles.